The molecule has 1 amide bonds. The minimum Gasteiger partial charge on any atom is -0.266 e. The number of thiophene rings is 1. The van der Waals surface area contributed by atoms with E-state index < -0.39 is 10.8 Å². The maximum Gasteiger partial charge on any atom is 0.281 e. The minimum atomic E-state index is -0.474. The number of nitro groups is 1. The Labute approximate surface area is 155 Å². The van der Waals surface area contributed by atoms with Crippen molar-refractivity contribution in [3.05, 3.63) is 73.1 Å². The van der Waals surface area contributed by atoms with E-state index in [1.54, 1.807) is 30.3 Å². The third-order valence-corrected chi connectivity index (χ3v) is 5.11. The first-order valence-corrected chi connectivity index (χ1v) is 8.48. The quantitative estimate of drug-likeness (QED) is 0.389. The second-order valence-electron chi connectivity index (χ2n) is 4.96. The summed E-state index contributed by atoms with van der Waals surface area (Å²) in [5.74, 6) is -0.403. The summed E-state index contributed by atoms with van der Waals surface area (Å²) in [7, 11) is 0. The average Bonchev–Trinajstić information content (AvgIpc) is 3.01. The molecule has 0 unspecified atom stereocenters. The van der Waals surface area contributed by atoms with Crippen LogP contribution in [0.4, 0.5) is 5.69 Å². The van der Waals surface area contributed by atoms with E-state index in [1.807, 2.05) is 0 Å². The molecule has 1 aromatic heterocycles. The van der Waals surface area contributed by atoms with Crippen LogP contribution < -0.4 is 5.43 Å². The first kappa shape index (κ1) is 17.3. The maximum atomic E-state index is 12.1. The lowest BCUT2D eigenvalue weighted by molar-refractivity contribution is -0.384. The predicted molar refractivity (Wildman–Crippen MR) is 100 cm³/mol. The molecule has 0 radical (unpaired) electrons. The van der Waals surface area contributed by atoms with Crippen LogP contribution in [0.1, 0.15) is 15.2 Å². The zero-order chi connectivity index (χ0) is 18.0. The van der Waals surface area contributed by atoms with Crippen LogP contribution in [0.5, 0.6) is 0 Å². The van der Waals surface area contributed by atoms with Gasteiger partial charge in [0.15, 0.2) is 0 Å². The van der Waals surface area contributed by atoms with Crippen molar-refractivity contribution >= 4 is 62.4 Å². The molecule has 25 heavy (non-hydrogen) atoms. The SMILES string of the molecule is O=C(N/N=C\c1ccc(Cl)c(Cl)c1)c1cc2cc([N+](=O)[O-])ccc2s1. The van der Waals surface area contributed by atoms with Crippen LogP contribution in [0.15, 0.2) is 47.6 Å². The maximum absolute atomic E-state index is 12.1. The molecule has 0 fully saturated rings. The molecule has 3 aromatic rings. The van der Waals surface area contributed by atoms with Gasteiger partial charge in [0.05, 0.1) is 26.1 Å². The second-order valence-corrected chi connectivity index (χ2v) is 6.86. The Hall–Kier alpha value is -2.48. The smallest absolute Gasteiger partial charge is 0.266 e. The number of nitrogens with one attached hydrogen (secondary N) is 1. The van der Waals surface area contributed by atoms with Gasteiger partial charge >= 0.3 is 0 Å². The molecule has 0 saturated carbocycles. The number of nitro benzene ring substituents is 1. The number of hydrogen-bond donors (Lipinski definition) is 1. The molecular formula is C16H9Cl2N3O3S. The van der Waals surface area contributed by atoms with Gasteiger partial charge in [-0.15, -0.1) is 11.3 Å². The van der Waals surface area contributed by atoms with Gasteiger partial charge in [-0.25, -0.2) is 5.43 Å². The molecular weight excluding hydrogens is 385 g/mol. The highest BCUT2D eigenvalue weighted by molar-refractivity contribution is 7.20. The number of non-ortho nitro benzene ring substituents is 1. The van der Waals surface area contributed by atoms with E-state index in [4.69, 9.17) is 23.2 Å². The Bertz CT molecular complexity index is 1020. The molecule has 1 N–H and O–H groups in total. The Morgan fingerprint density at radius 3 is 2.68 bits per heavy atom. The van der Waals surface area contributed by atoms with Crippen LogP contribution in [-0.2, 0) is 0 Å². The van der Waals surface area contributed by atoms with E-state index in [-0.39, 0.29) is 5.69 Å². The number of benzene rings is 2. The van der Waals surface area contributed by atoms with Crippen molar-refractivity contribution < 1.29 is 9.72 Å². The highest BCUT2D eigenvalue weighted by Gasteiger charge is 2.12. The lowest BCUT2D eigenvalue weighted by Gasteiger charge is -1.98. The minimum absolute atomic E-state index is 0.0186. The predicted octanol–water partition coefficient (Wildman–Crippen LogP) is 4.88. The first-order valence-electron chi connectivity index (χ1n) is 6.90. The Morgan fingerprint density at radius 2 is 1.96 bits per heavy atom. The van der Waals surface area contributed by atoms with Crippen molar-refractivity contribution in [1.29, 1.82) is 0 Å². The largest absolute Gasteiger partial charge is 0.281 e. The van der Waals surface area contributed by atoms with Crippen LogP contribution in [0, 0.1) is 10.1 Å². The number of carbonyl (C=O) groups is 1. The van der Waals surface area contributed by atoms with Crippen molar-refractivity contribution in [3.8, 4) is 0 Å². The highest BCUT2D eigenvalue weighted by atomic mass is 35.5. The normalized spacial score (nSPS) is 11.1. The van der Waals surface area contributed by atoms with Gasteiger partial charge in [0.1, 0.15) is 0 Å². The van der Waals surface area contributed by atoms with Crippen molar-refractivity contribution in [2.45, 2.75) is 0 Å². The van der Waals surface area contributed by atoms with Crippen molar-refractivity contribution in [1.82, 2.24) is 5.43 Å². The summed E-state index contributed by atoms with van der Waals surface area (Å²) < 4.78 is 0.782. The summed E-state index contributed by atoms with van der Waals surface area (Å²) in [6, 6.07) is 11.0. The molecule has 0 spiro atoms. The van der Waals surface area contributed by atoms with Gasteiger partial charge in [-0.1, -0.05) is 29.3 Å². The summed E-state index contributed by atoms with van der Waals surface area (Å²) in [6.07, 6.45) is 1.44. The molecule has 0 bridgehead atoms. The van der Waals surface area contributed by atoms with E-state index in [2.05, 4.69) is 10.5 Å². The highest BCUT2D eigenvalue weighted by Crippen LogP contribution is 2.29. The van der Waals surface area contributed by atoms with Gasteiger partial charge in [0.25, 0.3) is 11.6 Å². The first-order chi connectivity index (χ1) is 11.9. The molecule has 2 aromatic carbocycles. The molecule has 0 aliphatic heterocycles. The van der Waals surface area contributed by atoms with E-state index in [0.29, 0.717) is 25.9 Å². The molecule has 3 rings (SSSR count). The fourth-order valence-corrected chi connectivity index (χ4v) is 3.31. The van der Waals surface area contributed by atoms with Crippen molar-refractivity contribution in [3.63, 3.8) is 0 Å². The van der Waals surface area contributed by atoms with Crippen LogP contribution >= 0.6 is 34.5 Å². The molecule has 0 aliphatic rings. The number of rotatable bonds is 4. The average molecular weight is 394 g/mol. The summed E-state index contributed by atoms with van der Waals surface area (Å²) >= 11 is 13.0. The number of halogens is 2. The molecule has 9 heteroatoms. The number of nitrogens with zero attached hydrogens (tertiary/aromatic N) is 2. The monoisotopic (exact) mass is 393 g/mol. The molecule has 6 nitrogen and oxygen atoms in total. The topological polar surface area (TPSA) is 84.6 Å². The van der Waals surface area contributed by atoms with Gasteiger partial charge < -0.3 is 0 Å². The number of hydrazone groups is 1. The van der Waals surface area contributed by atoms with E-state index in [0.717, 1.165) is 4.70 Å². The summed E-state index contributed by atoms with van der Waals surface area (Å²) in [6.45, 7) is 0. The van der Waals surface area contributed by atoms with Crippen LogP contribution in [-0.4, -0.2) is 17.0 Å². The van der Waals surface area contributed by atoms with Crippen LogP contribution in [0.3, 0.4) is 0 Å². The molecule has 0 aliphatic carbocycles. The zero-order valence-corrected chi connectivity index (χ0v) is 14.7. The Morgan fingerprint density at radius 1 is 1.16 bits per heavy atom. The van der Waals surface area contributed by atoms with E-state index in [9.17, 15) is 14.9 Å². The standard InChI is InChI=1S/C16H9Cl2N3O3S/c17-12-3-1-9(5-13(12)18)8-19-20-16(22)15-7-10-6-11(21(23)24)2-4-14(10)25-15/h1-8H,(H,20,22)/b19-8-. The Kier molecular flexibility index (Phi) is 4.98. The summed E-state index contributed by atoms with van der Waals surface area (Å²) in [5, 5.41) is 16.1. The van der Waals surface area contributed by atoms with Gasteiger partial charge in [-0.05, 0) is 29.8 Å². The molecule has 0 saturated heterocycles. The zero-order valence-electron chi connectivity index (χ0n) is 12.4. The van der Waals surface area contributed by atoms with Gasteiger partial charge in [0, 0.05) is 22.2 Å². The van der Waals surface area contributed by atoms with Crippen LogP contribution in [0.2, 0.25) is 10.0 Å². The molecule has 1 heterocycles. The fraction of sp³-hybridized carbons (Fsp3) is 0. The van der Waals surface area contributed by atoms with E-state index >= 15 is 0 Å². The summed E-state index contributed by atoms with van der Waals surface area (Å²) in [5.41, 5.74) is 3.07. The molecule has 0 atom stereocenters. The van der Waals surface area contributed by atoms with Gasteiger partial charge in [-0.3, -0.25) is 14.9 Å². The van der Waals surface area contributed by atoms with Gasteiger partial charge in [0.2, 0.25) is 0 Å². The second kappa shape index (κ2) is 7.18. The lowest BCUT2D eigenvalue weighted by atomic mass is 10.2. The summed E-state index contributed by atoms with van der Waals surface area (Å²) in [4.78, 5) is 22.9. The van der Waals surface area contributed by atoms with E-state index in [1.165, 1.54) is 29.7 Å². The number of carbonyl (C=O) groups excluding carboxylic acids is 1. The fourth-order valence-electron chi connectivity index (χ4n) is 2.07. The lowest BCUT2D eigenvalue weighted by Crippen LogP contribution is -2.16. The number of hydrogen-bond acceptors (Lipinski definition) is 5. The van der Waals surface area contributed by atoms with Gasteiger partial charge in [-0.2, -0.15) is 5.10 Å². The third kappa shape index (κ3) is 3.96. The number of amides is 1. The Balaban J connectivity index is 1.74. The van der Waals surface area contributed by atoms with Crippen molar-refractivity contribution in [2.24, 2.45) is 5.10 Å². The molecule has 126 valence electrons. The number of fused-ring (bicyclic) bond motifs is 1. The van der Waals surface area contributed by atoms with Crippen LogP contribution in [0.25, 0.3) is 10.1 Å². The van der Waals surface area contributed by atoms with Crippen molar-refractivity contribution in [2.75, 3.05) is 0 Å². The third-order valence-electron chi connectivity index (χ3n) is 3.26.